The van der Waals surface area contributed by atoms with Gasteiger partial charge in [-0.25, -0.2) is 0 Å². The second-order valence-corrected chi connectivity index (χ2v) is 3.19. The number of rotatable bonds is 3. The van der Waals surface area contributed by atoms with Crippen LogP contribution in [0.5, 0.6) is 0 Å². The average molecular weight is 229 g/mol. The molecule has 1 aromatic rings. The van der Waals surface area contributed by atoms with E-state index in [0.29, 0.717) is 5.56 Å². The monoisotopic (exact) mass is 229 g/mol. The number of primary amides is 1. The van der Waals surface area contributed by atoms with Crippen LogP contribution in [-0.2, 0) is 11.0 Å². The SMILES string of the molecule is NC(=O)C/C=C/c1ccc(C(F)(F)F)cc1. The van der Waals surface area contributed by atoms with Gasteiger partial charge in [0.2, 0.25) is 5.91 Å². The van der Waals surface area contributed by atoms with E-state index in [2.05, 4.69) is 0 Å². The summed E-state index contributed by atoms with van der Waals surface area (Å²) in [5.41, 5.74) is 4.80. The molecule has 1 rings (SSSR count). The van der Waals surface area contributed by atoms with Crippen molar-refractivity contribution in [1.82, 2.24) is 0 Å². The van der Waals surface area contributed by atoms with Crippen LogP contribution in [0.15, 0.2) is 30.3 Å². The van der Waals surface area contributed by atoms with Gasteiger partial charge in [-0.2, -0.15) is 13.2 Å². The van der Waals surface area contributed by atoms with Crippen LogP contribution in [0.4, 0.5) is 13.2 Å². The Balaban J connectivity index is 2.72. The summed E-state index contributed by atoms with van der Waals surface area (Å²) in [6.45, 7) is 0. The second kappa shape index (κ2) is 4.83. The second-order valence-electron chi connectivity index (χ2n) is 3.19. The largest absolute Gasteiger partial charge is 0.416 e. The molecular formula is C11H10F3NO. The van der Waals surface area contributed by atoms with Gasteiger partial charge in [-0.15, -0.1) is 0 Å². The van der Waals surface area contributed by atoms with E-state index in [0.717, 1.165) is 12.1 Å². The molecule has 0 saturated heterocycles. The predicted molar refractivity (Wildman–Crippen MR) is 54.3 cm³/mol. The highest BCUT2D eigenvalue weighted by Crippen LogP contribution is 2.29. The molecule has 0 atom stereocenters. The summed E-state index contributed by atoms with van der Waals surface area (Å²) < 4.78 is 36.6. The molecule has 0 aliphatic rings. The first-order valence-electron chi connectivity index (χ1n) is 4.51. The van der Waals surface area contributed by atoms with Gasteiger partial charge in [0.1, 0.15) is 0 Å². The highest BCUT2D eigenvalue weighted by atomic mass is 19.4. The number of carbonyl (C=O) groups is 1. The minimum atomic E-state index is -4.32. The van der Waals surface area contributed by atoms with Crippen molar-refractivity contribution in [3.05, 3.63) is 41.5 Å². The van der Waals surface area contributed by atoms with Crippen molar-refractivity contribution in [3.8, 4) is 0 Å². The van der Waals surface area contributed by atoms with E-state index in [1.165, 1.54) is 18.2 Å². The van der Waals surface area contributed by atoms with Crippen molar-refractivity contribution >= 4 is 12.0 Å². The van der Waals surface area contributed by atoms with Gasteiger partial charge in [-0.3, -0.25) is 4.79 Å². The molecule has 1 amide bonds. The minimum Gasteiger partial charge on any atom is -0.369 e. The summed E-state index contributed by atoms with van der Waals surface area (Å²) >= 11 is 0. The fourth-order valence-corrected chi connectivity index (χ4v) is 1.09. The molecule has 2 N–H and O–H groups in total. The van der Waals surface area contributed by atoms with E-state index in [9.17, 15) is 18.0 Å². The summed E-state index contributed by atoms with van der Waals surface area (Å²) in [6, 6.07) is 4.65. The normalized spacial score (nSPS) is 11.9. The molecule has 86 valence electrons. The lowest BCUT2D eigenvalue weighted by molar-refractivity contribution is -0.137. The number of alkyl halides is 3. The fraction of sp³-hybridized carbons (Fsp3) is 0.182. The Hall–Kier alpha value is -1.78. The number of carbonyl (C=O) groups excluding carboxylic acids is 1. The van der Waals surface area contributed by atoms with E-state index in [1.54, 1.807) is 6.08 Å². The Morgan fingerprint density at radius 2 is 1.81 bits per heavy atom. The zero-order chi connectivity index (χ0) is 12.2. The van der Waals surface area contributed by atoms with Gasteiger partial charge in [0.05, 0.1) is 5.56 Å². The fourth-order valence-electron chi connectivity index (χ4n) is 1.09. The Labute approximate surface area is 90.6 Å². The van der Waals surface area contributed by atoms with Crippen LogP contribution in [0.1, 0.15) is 17.5 Å². The number of hydrogen-bond acceptors (Lipinski definition) is 1. The predicted octanol–water partition coefficient (Wildman–Crippen LogP) is 2.59. The molecule has 0 bridgehead atoms. The number of benzene rings is 1. The Morgan fingerprint density at radius 1 is 1.25 bits per heavy atom. The number of halogens is 3. The van der Waals surface area contributed by atoms with Crippen molar-refractivity contribution in [2.75, 3.05) is 0 Å². The third-order valence-electron chi connectivity index (χ3n) is 1.87. The molecule has 1 aromatic carbocycles. The molecule has 16 heavy (non-hydrogen) atoms. The van der Waals surface area contributed by atoms with Gasteiger partial charge in [0, 0.05) is 6.42 Å². The van der Waals surface area contributed by atoms with Crippen molar-refractivity contribution in [2.45, 2.75) is 12.6 Å². The molecular weight excluding hydrogens is 219 g/mol. The van der Waals surface area contributed by atoms with Crippen LogP contribution in [0.2, 0.25) is 0 Å². The third kappa shape index (κ3) is 3.76. The maximum atomic E-state index is 12.2. The van der Waals surface area contributed by atoms with Gasteiger partial charge in [-0.05, 0) is 17.7 Å². The lowest BCUT2D eigenvalue weighted by Gasteiger charge is -2.05. The lowest BCUT2D eigenvalue weighted by Crippen LogP contribution is -2.07. The first-order valence-corrected chi connectivity index (χ1v) is 4.51. The van der Waals surface area contributed by atoms with Crippen molar-refractivity contribution in [1.29, 1.82) is 0 Å². The van der Waals surface area contributed by atoms with E-state index < -0.39 is 17.6 Å². The highest BCUT2D eigenvalue weighted by Gasteiger charge is 2.29. The maximum Gasteiger partial charge on any atom is 0.416 e. The molecule has 0 radical (unpaired) electrons. The molecule has 0 aromatic heterocycles. The average Bonchev–Trinajstić information content (AvgIpc) is 2.16. The van der Waals surface area contributed by atoms with E-state index in [-0.39, 0.29) is 6.42 Å². The summed E-state index contributed by atoms with van der Waals surface area (Å²) in [5.74, 6) is -0.483. The van der Waals surface area contributed by atoms with Crippen LogP contribution in [0.25, 0.3) is 6.08 Å². The molecule has 0 aliphatic carbocycles. The maximum absolute atomic E-state index is 12.2. The Morgan fingerprint density at radius 3 is 2.25 bits per heavy atom. The lowest BCUT2D eigenvalue weighted by atomic mass is 10.1. The third-order valence-corrected chi connectivity index (χ3v) is 1.87. The number of nitrogens with two attached hydrogens (primary N) is 1. The van der Waals surface area contributed by atoms with Crippen LogP contribution in [-0.4, -0.2) is 5.91 Å². The van der Waals surface area contributed by atoms with Crippen LogP contribution in [0, 0.1) is 0 Å². The van der Waals surface area contributed by atoms with Crippen LogP contribution >= 0.6 is 0 Å². The van der Waals surface area contributed by atoms with E-state index in [1.807, 2.05) is 0 Å². The molecule has 0 fully saturated rings. The summed E-state index contributed by atoms with van der Waals surface area (Å²) in [6.07, 6.45) is -1.20. The topological polar surface area (TPSA) is 43.1 Å². The Bertz CT molecular complexity index is 393. The highest BCUT2D eigenvalue weighted by molar-refractivity contribution is 5.76. The van der Waals surface area contributed by atoms with Gasteiger partial charge in [0.15, 0.2) is 0 Å². The molecule has 0 heterocycles. The van der Waals surface area contributed by atoms with Gasteiger partial charge < -0.3 is 5.73 Å². The number of amides is 1. The standard InChI is InChI=1S/C11H10F3NO/c12-11(13,14)9-6-4-8(5-7-9)2-1-3-10(15)16/h1-2,4-7H,3H2,(H2,15,16)/b2-1+. The molecule has 0 aliphatic heterocycles. The summed E-state index contributed by atoms with van der Waals surface area (Å²) in [4.78, 5) is 10.4. The Kier molecular flexibility index (Phi) is 3.71. The summed E-state index contributed by atoms with van der Waals surface area (Å²) in [7, 11) is 0. The minimum absolute atomic E-state index is 0.0705. The van der Waals surface area contributed by atoms with E-state index in [4.69, 9.17) is 5.73 Å². The first kappa shape index (κ1) is 12.3. The molecule has 0 unspecified atom stereocenters. The van der Waals surface area contributed by atoms with Crippen molar-refractivity contribution in [3.63, 3.8) is 0 Å². The van der Waals surface area contributed by atoms with Crippen molar-refractivity contribution < 1.29 is 18.0 Å². The van der Waals surface area contributed by atoms with Crippen molar-refractivity contribution in [2.24, 2.45) is 5.73 Å². The quantitative estimate of drug-likeness (QED) is 0.850. The smallest absolute Gasteiger partial charge is 0.369 e. The first-order chi connectivity index (χ1) is 7.39. The molecule has 0 spiro atoms. The molecule has 5 heteroatoms. The van der Waals surface area contributed by atoms with Gasteiger partial charge >= 0.3 is 6.18 Å². The van der Waals surface area contributed by atoms with Gasteiger partial charge in [0.25, 0.3) is 0 Å². The van der Waals surface area contributed by atoms with E-state index >= 15 is 0 Å². The summed E-state index contributed by atoms with van der Waals surface area (Å²) in [5, 5.41) is 0. The zero-order valence-corrected chi connectivity index (χ0v) is 8.29. The van der Waals surface area contributed by atoms with Crippen LogP contribution in [0.3, 0.4) is 0 Å². The molecule has 2 nitrogen and oxygen atoms in total. The molecule has 0 saturated carbocycles. The zero-order valence-electron chi connectivity index (χ0n) is 8.29. The van der Waals surface area contributed by atoms with Gasteiger partial charge in [-0.1, -0.05) is 24.3 Å². The van der Waals surface area contributed by atoms with Crippen LogP contribution < -0.4 is 5.73 Å². The number of hydrogen-bond donors (Lipinski definition) is 1.